The Morgan fingerprint density at radius 1 is 0.971 bits per heavy atom. The summed E-state index contributed by atoms with van der Waals surface area (Å²) in [5.74, 6) is 0.360. The molecule has 188 valence electrons. The topological polar surface area (TPSA) is 114 Å². The lowest BCUT2D eigenvalue weighted by Crippen LogP contribution is -2.50. The van der Waals surface area contributed by atoms with Crippen molar-refractivity contribution in [2.45, 2.75) is 18.2 Å². The lowest BCUT2D eigenvalue weighted by molar-refractivity contribution is -0.117. The molecule has 2 heterocycles. The zero-order valence-corrected chi connectivity index (χ0v) is 20.4. The van der Waals surface area contributed by atoms with E-state index in [4.69, 9.17) is 14.2 Å². The minimum atomic E-state index is -3.68. The number of rotatable bonds is 8. The summed E-state index contributed by atoms with van der Waals surface area (Å²) in [6.07, 6.45) is 0.748. The van der Waals surface area contributed by atoms with E-state index in [-0.39, 0.29) is 30.4 Å². The number of nitrogens with one attached hydrogen (secondary N) is 1. The summed E-state index contributed by atoms with van der Waals surface area (Å²) >= 11 is 0. The van der Waals surface area contributed by atoms with Crippen molar-refractivity contribution >= 4 is 27.6 Å². The third kappa shape index (κ3) is 6.11. The van der Waals surface area contributed by atoms with Crippen molar-refractivity contribution in [3.8, 4) is 11.5 Å². The van der Waals surface area contributed by atoms with Crippen LogP contribution in [0.4, 0.5) is 5.69 Å². The van der Waals surface area contributed by atoms with Crippen molar-refractivity contribution in [1.82, 2.24) is 9.21 Å². The molecule has 4 rings (SSSR count). The highest BCUT2D eigenvalue weighted by molar-refractivity contribution is 7.89. The molecule has 0 saturated carbocycles. The van der Waals surface area contributed by atoms with Gasteiger partial charge in [0.15, 0.2) is 11.5 Å². The SMILES string of the molecule is CCCOC(=O)c1ccc(NC(=O)CN2CCN(S(=O)(=O)c3ccc4c(c3)OCCO4)CC2)cc1. The van der Waals surface area contributed by atoms with Crippen LogP contribution in [0.2, 0.25) is 0 Å². The van der Waals surface area contributed by atoms with Crippen molar-refractivity contribution < 1.29 is 32.2 Å². The molecular formula is C24H29N3O7S. The van der Waals surface area contributed by atoms with E-state index >= 15 is 0 Å². The third-order valence-electron chi connectivity index (χ3n) is 5.69. The summed E-state index contributed by atoms with van der Waals surface area (Å²) in [5, 5.41) is 2.80. The second kappa shape index (κ2) is 11.1. The Morgan fingerprint density at radius 2 is 1.66 bits per heavy atom. The van der Waals surface area contributed by atoms with E-state index in [1.807, 2.05) is 11.8 Å². The van der Waals surface area contributed by atoms with Gasteiger partial charge in [-0.05, 0) is 42.8 Å². The summed E-state index contributed by atoms with van der Waals surface area (Å²) in [6.45, 7) is 4.66. The molecule has 0 spiro atoms. The van der Waals surface area contributed by atoms with E-state index in [2.05, 4.69) is 5.32 Å². The predicted molar refractivity (Wildman–Crippen MR) is 128 cm³/mol. The minimum absolute atomic E-state index is 0.137. The molecule has 35 heavy (non-hydrogen) atoms. The summed E-state index contributed by atoms with van der Waals surface area (Å²) < 4.78 is 43.6. The molecule has 0 aromatic heterocycles. The maximum Gasteiger partial charge on any atom is 0.338 e. The van der Waals surface area contributed by atoms with Crippen LogP contribution >= 0.6 is 0 Å². The lowest BCUT2D eigenvalue weighted by atomic mass is 10.2. The monoisotopic (exact) mass is 503 g/mol. The molecular weight excluding hydrogens is 474 g/mol. The van der Waals surface area contributed by atoms with Gasteiger partial charge in [-0.3, -0.25) is 9.69 Å². The van der Waals surface area contributed by atoms with Gasteiger partial charge in [0.1, 0.15) is 13.2 Å². The standard InChI is InChI=1S/C24H29N3O7S/c1-2-13-34-24(29)18-3-5-19(6-4-18)25-23(28)17-26-9-11-27(12-10-26)35(30,31)20-7-8-21-22(16-20)33-15-14-32-21/h3-8,16H,2,9-15,17H2,1H3,(H,25,28). The van der Waals surface area contributed by atoms with Gasteiger partial charge in [-0.1, -0.05) is 6.92 Å². The quantitative estimate of drug-likeness (QED) is 0.544. The number of amides is 1. The number of carbonyl (C=O) groups excluding carboxylic acids is 2. The van der Waals surface area contributed by atoms with Crippen LogP contribution in [0.15, 0.2) is 47.4 Å². The molecule has 2 aliphatic rings. The van der Waals surface area contributed by atoms with Gasteiger partial charge in [0, 0.05) is 37.9 Å². The largest absolute Gasteiger partial charge is 0.486 e. The number of ether oxygens (including phenoxy) is 3. The third-order valence-corrected chi connectivity index (χ3v) is 7.59. The van der Waals surface area contributed by atoms with Gasteiger partial charge in [0.2, 0.25) is 15.9 Å². The number of anilines is 1. The van der Waals surface area contributed by atoms with Crippen LogP contribution in [-0.4, -0.2) is 82.0 Å². The Kier molecular flexibility index (Phi) is 7.89. The van der Waals surface area contributed by atoms with Gasteiger partial charge in [-0.2, -0.15) is 4.31 Å². The molecule has 0 unspecified atom stereocenters. The fourth-order valence-corrected chi connectivity index (χ4v) is 5.27. The van der Waals surface area contributed by atoms with Crippen LogP contribution in [-0.2, 0) is 19.6 Å². The highest BCUT2D eigenvalue weighted by atomic mass is 32.2. The smallest absolute Gasteiger partial charge is 0.338 e. The van der Waals surface area contributed by atoms with Crippen molar-refractivity contribution in [2.24, 2.45) is 0 Å². The lowest BCUT2D eigenvalue weighted by Gasteiger charge is -2.33. The number of sulfonamides is 1. The molecule has 0 radical (unpaired) electrons. The van der Waals surface area contributed by atoms with Crippen LogP contribution in [0.1, 0.15) is 23.7 Å². The summed E-state index contributed by atoms with van der Waals surface area (Å²) in [4.78, 5) is 26.4. The number of carbonyl (C=O) groups is 2. The van der Waals surface area contributed by atoms with Crippen molar-refractivity contribution in [2.75, 3.05) is 57.9 Å². The maximum absolute atomic E-state index is 13.1. The van der Waals surface area contributed by atoms with Gasteiger partial charge in [-0.15, -0.1) is 0 Å². The van der Waals surface area contributed by atoms with E-state index in [1.165, 1.54) is 16.4 Å². The number of hydrogen-bond donors (Lipinski definition) is 1. The van der Waals surface area contributed by atoms with Crippen LogP contribution in [0.25, 0.3) is 0 Å². The van der Waals surface area contributed by atoms with E-state index in [9.17, 15) is 18.0 Å². The van der Waals surface area contributed by atoms with Crippen molar-refractivity contribution in [3.05, 3.63) is 48.0 Å². The molecule has 11 heteroatoms. The first-order valence-electron chi connectivity index (χ1n) is 11.6. The Bertz CT molecular complexity index is 1160. The number of benzene rings is 2. The first-order chi connectivity index (χ1) is 16.9. The van der Waals surface area contributed by atoms with Gasteiger partial charge in [0.05, 0.1) is 23.6 Å². The zero-order valence-electron chi connectivity index (χ0n) is 19.6. The highest BCUT2D eigenvalue weighted by Crippen LogP contribution is 2.33. The molecule has 0 bridgehead atoms. The Balaban J connectivity index is 1.27. The van der Waals surface area contributed by atoms with Crippen LogP contribution in [0, 0.1) is 0 Å². The molecule has 10 nitrogen and oxygen atoms in total. The number of esters is 1. The number of piperazine rings is 1. The summed E-state index contributed by atoms with van der Waals surface area (Å²) in [5.41, 5.74) is 0.994. The number of fused-ring (bicyclic) bond motifs is 1. The average molecular weight is 504 g/mol. The number of nitrogens with zero attached hydrogens (tertiary/aromatic N) is 2. The molecule has 2 aromatic carbocycles. The van der Waals surface area contributed by atoms with Gasteiger partial charge in [-0.25, -0.2) is 13.2 Å². The predicted octanol–water partition coefficient (Wildman–Crippen LogP) is 1.97. The van der Waals surface area contributed by atoms with E-state index in [0.29, 0.717) is 55.7 Å². The molecule has 0 aliphatic carbocycles. The fourth-order valence-electron chi connectivity index (χ4n) is 3.83. The molecule has 1 amide bonds. The summed E-state index contributed by atoms with van der Waals surface area (Å²) in [6, 6.07) is 11.2. The Hall–Kier alpha value is -3.15. The van der Waals surface area contributed by atoms with E-state index in [0.717, 1.165) is 6.42 Å². The average Bonchev–Trinajstić information content (AvgIpc) is 2.87. The summed E-state index contributed by atoms with van der Waals surface area (Å²) in [7, 11) is -3.68. The van der Waals surface area contributed by atoms with Crippen LogP contribution < -0.4 is 14.8 Å². The Morgan fingerprint density at radius 3 is 2.34 bits per heavy atom. The molecule has 2 aliphatic heterocycles. The normalized spacial score (nSPS) is 16.5. The molecule has 2 aromatic rings. The maximum atomic E-state index is 13.1. The van der Waals surface area contributed by atoms with E-state index in [1.54, 1.807) is 30.3 Å². The molecule has 1 saturated heterocycles. The van der Waals surface area contributed by atoms with Crippen molar-refractivity contribution in [1.29, 1.82) is 0 Å². The second-order valence-electron chi connectivity index (χ2n) is 8.25. The van der Waals surface area contributed by atoms with Gasteiger partial charge in [0.25, 0.3) is 0 Å². The second-order valence-corrected chi connectivity index (χ2v) is 10.2. The number of hydrogen-bond acceptors (Lipinski definition) is 8. The van der Waals surface area contributed by atoms with Crippen LogP contribution in [0.5, 0.6) is 11.5 Å². The molecule has 0 atom stereocenters. The van der Waals surface area contributed by atoms with Crippen molar-refractivity contribution in [3.63, 3.8) is 0 Å². The first-order valence-corrected chi connectivity index (χ1v) is 13.0. The molecule has 1 N–H and O–H groups in total. The first kappa shape index (κ1) is 25.0. The van der Waals surface area contributed by atoms with Gasteiger partial charge >= 0.3 is 5.97 Å². The highest BCUT2D eigenvalue weighted by Gasteiger charge is 2.30. The molecule has 1 fully saturated rings. The zero-order chi connectivity index (χ0) is 24.8. The van der Waals surface area contributed by atoms with Gasteiger partial charge < -0.3 is 19.5 Å². The fraction of sp³-hybridized carbons (Fsp3) is 0.417. The minimum Gasteiger partial charge on any atom is -0.486 e. The van der Waals surface area contributed by atoms with E-state index < -0.39 is 16.0 Å². The van der Waals surface area contributed by atoms with Crippen LogP contribution in [0.3, 0.4) is 0 Å². The Labute approximate surface area is 204 Å².